The lowest BCUT2D eigenvalue weighted by Gasteiger charge is -2.09. The van der Waals surface area contributed by atoms with E-state index < -0.39 is 5.97 Å². The Bertz CT molecular complexity index is 858. The molecule has 0 saturated carbocycles. The molecule has 0 atom stereocenters. The van der Waals surface area contributed by atoms with Gasteiger partial charge >= 0.3 is 5.97 Å². The second-order valence-corrected chi connectivity index (χ2v) is 5.84. The Kier molecular flexibility index (Phi) is 4.66. The van der Waals surface area contributed by atoms with Crippen molar-refractivity contribution < 1.29 is 19.0 Å². The molecule has 0 fully saturated rings. The molecule has 6 heteroatoms. The average molecular weight is 388 g/mol. The summed E-state index contributed by atoms with van der Waals surface area (Å²) in [5.74, 6) is 0.880. The van der Waals surface area contributed by atoms with E-state index in [1.54, 1.807) is 26.4 Å². The summed E-state index contributed by atoms with van der Waals surface area (Å²) in [4.78, 5) is 16.4. The molecule has 24 heavy (non-hydrogen) atoms. The van der Waals surface area contributed by atoms with Gasteiger partial charge in [-0.3, -0.25) is 0 Å². The quantitative estimate of drug-likeness (QED) is 0.591. The zero-order valence-corrected chi connectivity index (χ0v) is 14.7. The van der Waals surface area contributed by atoms with Crippen LogP contribution in [0.4, 0.5) is 0 Å². The third-order valence-corrected chi connectivity index (χ3v) is 3.91. The first-order valence-electron chi connectivity index (χ1n) is 7.12. The molecule has 0 amide bonds. The highest BCUT2D eigenvalue weighted by Crippen LogP contribution is 2.33. The highest BCUT2D eigenvalue weighted by molar-refractivity contribution is 9.10. The van der Waals surface area contributed by atoms with Crippen LogP contribution in [0.1, 0.15) is 11.1 Å². The maximum absolute atomic E-state index is 12.1. The van der Waals surface area contributed by atoms with Crippen molar-refractivity contribution in [1.29, 1.82) is 0 Å². The first kappa shape index (κ1) is 16.3. The number of ether oxygens (including phenoxy) is 3. The predicted octanol–water partition coefficient (Wildman–Crippen LogP) is 3.81. The van der Waals surface area contributed by atoms with Crippen LogP contribution in [0.5, 0.6) is 11.5 Å². The van der Waals surface area contributed by atoms with Gasteiger partial charge in [0.15, 0.2) is 17.2 Å². The number of methoxy groups -OCH3 is 2. The summed E-state index contributed by atoms with van der Waals surface area (Å²) < 4.78 is 16.8. The Labute approximate surface area is 147 Å². The number of para-hydroxylation sites is 1. The lowest BCUT2D eigenvalue weighted by molar-refractivity contribution is -0.129. The van der Waals surface area contributed by atoms with E-state index in [0.29, 0.717) is 17.1 Å². The Morgan fingerprint density at radius 1 is 1.12 bits per heavy atom. The second-order valence-electron chi connectivity index (χ2n) is 4.93. The van der Waals surface area contributed by atoms with Gasteiger partial charge in [-0.1, -0.05) is 34.1 Å². The Balaban J connectivity index is 2.01. The molecule has 5 nitrogen and oxygen atoms in total. The number of rotatable bonds is 4. The van der Waals surface area contributed by atoms with Gasteiger partial charge < -0.3 is 14.2 Å². The number of esters is 1. The summed E-state index contributed by atoms with van der Waals surface area (Å²) >= 11 is 3.39. The Morgan fingerprint density at radius 3 is 2.62 bits per heavy atom. The van der Waals surface area contributed by atoms with E-state index in [2.05, 4.69) is 20.9 Å². The second kappa shape index (κ2) is 6.88. The SMILES string of the molecule is COc1cccc(C=C2N=C(c3cccc(Br)c3)OC2=O)c1OC. The van der Waals surface area contributed by atoms with Crippen molar-refractivity contribution in [3.8, 4) is 11.5 Å². The molecule has 0 unspecified atom stereocenters. The number of cyclic esters (lactones) is 1. The number of benzene rings is 2. The van der Waals surface area contributed by atoms with Crippen LogP contribution in [-0.4, -0.2) is 26.1 Å². The van der Waals surface area contributed by atoms with Gasteiger partial charge in [0.2, 0.25) is 5.90 Å². The van der Waals surface area contributed by atoms with Crippen molar-refractivity contribution in [3.05, 3.63) is 63.8 Å². The first-order chi connectivity index (χ1) is 11.6. The molecule has 2 aromatic rings. The van der Waals surface area contributed by atoms with Crippen molar-refractivity contribution in [2.75, 3.05) is 14.2 Å². The van der Waals surface area contributed by atoms with Crippen LogP contribution in [0.2, 0.25) is 0 Å². The zero-order valence-electron chi connectivity index (χ0n) is 13.1. The van der Waals surface area contributed by atoms with Crippen LogP contribution < -0.4 is 9.47 Å². The molecule has 1 aliphatic heterocycles. The summed E-state index contributed by atoms with van der Waals surface area (Å²) in [6, 6.07) is 12.8. The minimum atomic E-state index is -0.505. The molecule has 2 aromatic carbocycles. The standard InChI is InChI=1S/C18H14BrNO4/c1-22-15-8-4-5-11(16(15)23-2)10-14-18(21)24-17(20-14)12-6-3-7-13(19)9-12/h3-10H,1-2H3. The van der Waals surface area contributed by atoms with E-state index in [1.807, 2.05) is 36.4 Å². The van der Waals surface area contributed by atoms with Crippen molar-refractivity contribution in [2.24, 2.45) is 4.99 Å². The maximum atomic E-state index is 12.1. The smallest absolute Gasteiger partial charge is 0.363 e. The number of hydrogen-bond donors (Lipinski definition) is 0. The molecule has 0 N–H and O–H groups in total. The molecule has 122 valence electrons. The number of carbonyl (C=O) groups excluding carboxylic acids is 1. The fourth-order valence-corrected chi connectivity index (χ4v) is 2.73. The van der Waals surface area contributed by atoms with Gasteiger partial charge in [0.1, 0.15) is 0 Å². The topological polar surface area (TPSA) is 57.1 Å². The summed E-state index contributed by atoms with van der Waals surface area (Å²) in [6.45, 7) is 0. The summed E-state index contributed by atoms with van der Waals surface area (Å²) in [5.41, 5.74) is 1.61. The summed E-state index contributed by atoms with van der Waals surface area (Å²) in [7, 11) is 3.10. The summed E-state index contributed by atoms with van der Waals surface area (Å²) in [5, 5.41) is 0. The fourth-order valence-electron chi connectivity index (χ4n) is 2.33. The van der Waals surface area contributed by atoms with Crippen molar-refractivity contribution in [1.82, 2.24) is 0 Å². The molecule has 3 rings (SSSR count). The highest BCUT2D eigenvalue weighted by atomic mass is 79.9. The van der Waals surface area contributed by atoms with E-state index in [-0.39, 0.29) is 11.6 Å². The van der Waals surface area contributed by atoms with E-state index in [0.717, 1.165) is 10.0 Å². The first-order valence-corrected chi connectivity index (χ1v) is 7.91. The molecular formula is C18H14BrNO4. The molecule has 0 aromatic heterocycles. The summed E-state index contributed by atoms with van der Waals surface area (Å²) in [6.07, 6.45) is 1.62. The normalized spacial score (nSPS) is 15.2. The van der Waals surface area contributed by atoms with Gasteiger partial charge in [-0.25, -0.2) is 9.79 Å². The van der Waals surface area contributed by atoms with Crippen LogP contribution in [0, 0.1) is 0 Å². The van der Waals surface area contributed by atoms with Crippen LogP contribution in [-0.2, 0) is 9.53 Å². The number of halogens is 1. The van der Waals surface area contributed by atoms with Gasteiger partial charge in [0.05, 0.1) is 14.2 Å². The lowest BCUT2D eigenvalue weighted by atomic mass is 10.1. The molecule has 0 bridgehead atoms. The van der Waals surface area contributed by atoms with Crippen LogP contribution in [0.3, 0.4) is 0 Å². The minimum Gasteiger partial charge on any atom is -0.493 e. The van der Waals surface area contributed by atoms with Crippen LogP contribution in [0.25, 0.3) is 6.08 Å². The largest absolute Gasteiger partial charge is 0.493 e. The highest BCUT2D eigenvalue weighted by Gasteiger charge is 2.25. The number of carbonyl (C=O) groups is 1. The molecule has 0 radical (unpaired) electrons. The van der Waals surface area contributed by atoms with Crippen LogP contribution in [0.15, 0.2) is 57.6 Å². The molecule has 1 aliphatic rings. The third-order valence-electron chi connectivity index (χ3n) is 3.42. The van der Waals surface area contributed by atoms with E-state index in [1.165, 1.54) is 0 Å². The molecular weight excluding hydrogens is 374 g/mol. The maximum Gasteiger partial charge on any atom is 0.363 e. The van der Waals surface area contributed by atoms with Crippen LogP contribution >= 0.6 is 15.9 Å². The number of aliphatic imine (C=N–C) groups is 1. The Morgan fingerprint density at radius 2 is 1.92 bits per heavy atom. The molecule has 0 aliphatic carbocycles. The minimum absolute atomic E-state index is 0.205. The monoisotopic (exact) mass is 387 g/mol. The zero-order chi connectivity index (χ0) is 17.1. The fraction of sp³-hybridized carbons (Fsp3) is 0.111. The number of nitrogens with zero attached hydrogens (tertiary/aromatic N) is 1. The van der Waals surface area contributed by atoms with E-state index >= 15 is 0 Å². The van der Waals surface area contributed by atoms with Gasteiger partial charge in [0, 0.05) is 15.6 Å². The Hall–Kier alpha value is -2.60. The van der Waals surface area contributed by atoms with Gasteiger partial charge in [0.25, 0.3) is 0 Å². The number of hydrogen-bond acceptors (Lipinski definition) is 5. The molecule has 0 saturated heterocycles. The van der Waals surface area contributed by atoms with Gasteiger partial charge in [-0.2, -0.15) is 0 Å². The molecule has 1 heterocycles. The van der Waals surface area contributed by atoms with Crippen molar-refractivity contribution >= 4 is 33.9 Å². The van der Waals surface area contributed by atoms with Gasteiger partial charge in [-0.05, 0) is 30.3 Å². The predicted molar refractivity (Wildman–Crippen MR) is 94.3 cm³/mol. The van der Waals surface area contributed by atoms with Gasteiger partial charge in [-0.15, -0.1) is 0 Å². The lowest BCUT2D eigenvalue weighted by Crippen LogP contribution is -2.05. The van der Waals surface area contributed by atoms with E-state index in [9.17, 15) is 4.79 Å². The van der Waals surface area contributed by atoms with E-state index in [4.69, 9.17) is 14.2 Å². The third kappa shape index (κ3) is 3.19. The molecule has 0 spiro atoms. The van der Waals surface area contributed by atoms with Crippen molar-refractivity contribution in [3.63, 3.8) is 0 Å². The van der Waals surface area contributed by atoms with Crippen molar-refractivity contribution in [2.45, 2.75) is 0 Å². The average Bonchev–Trinajstić information content (AvgIpc) is 2.95.